The minimum absolute atomic E-state index is 0.171. The maximum Gasteiger partial charge on any atom is 0.276 e. The van der Waals surface area contributed by atoms with Crippen molar-refractivity contribution in [3.63, 3.8) is 0 Å². The zero-order valence-corrected chi connectivity index (χ0v) is 14.1. The summed E-state index contributed by atoms with van der Waals surface area (Å²) in [6.45, 7) is 1.80. The first-order valence-electron chi connectivity index (χ1n) is 6.59. The molecule has 0 aliphatic rings. The predicted molar refractivity (Wildman–Crippen MR) is 91.4 cm³/mol. The van der Waals surface area contributed by atoms with Crippen LogP contribution in [0.5, 0.6) is 5.75 Å². The van der Waals surface area contributed by atoms with Crippen LogP contribution in [0.25, 0.3) is 0 Å². The van der Waals surface area contributed by atoms with Gasteiger partial charge in [0.15, 0.2) is 6.61 Å². The summed E-state index contributed by atoms with van der Waals surface area (Å²) < 4.78 is 6.26. The quantitative estimate of drug-likeness (QED) is 0.601. The molecule has 5 nitrogen and oxygen atoms in total. The van der Waals surface area contributed by atoms with Crippen molar-refractivity contribution in [1.29, 1.82) is 0 Å². The molecular formula is C16H15IN2O3. The van der Waals surface area contributed by atoms with Gasteiger partial charge in [-0.15, -0.1) is 0 Å². The zero-order chi connectivity index (χ0) is 15.9. The lowest BCUT2D eigenvalue weighted by Crippen LogP contribution is -2.43. The molecule has 0 aromatic heterocycles. The Bertz CT molecular complexity index is 671. The van der Waals surface area contributed by atoms with Crippen molar-refractivity contribution in [2.24, 2.45) is 0 Å². The number of halogens is 1. The molecule has 0 saturated carbocycles. The number of ether oxygens (including phenoxy) is 1. The van der Waals surface area contributed by atoms with Gasteiger partial charge in [-0.2, -0.15) is 0 Å². The molecular weight excluding hydrogens is 395 g/mol. The Kier molecular flexibility index (Phi) is 5.76. The summed E-state index contributed by atoms with van der Waals surface area (Å²) in [5, 5.41) is 0. The molecule has 2 rings (SSSR count). The summed E-state index contributed by atoms with van der Waals surface area (Å²) in [5.41, 5.74) is 6.26. The van der Waals surface area contributed by atoms with Gasteiger partial charge in [0.25, 0.3) is 11.8 Å². The second kappa shape index (κ2) is 7.79. The third kappa shape index (κ3) is 5.03. The molecule has 0 fully saturated rings. The van der Waals surface area contributed by atoms with Crippen LogP contribution in [0.3, 0.4) is 0 Å². The third-order valence-electron chi connectivity index (χ3n) is 2.79. The largest absolute Gasteiger partial charge is 0.484 e. The third-order valence-corrected chi connectivity index (χ3v) is 3.46. The Morgan fingerprint density at radius 2 is 1.82 bits per heavy atom. The van der Waals surface area contributed by atoms with Gasteiger partial charge in [-0.25, -0.2) is 0 Å². The lowest BCUT2D eigenvalue weighted by atomic mass is 10.2. The summed E-state index contributed by atoms with van der Waals surface area (Å²) in [6.07, 6.45) is 0. The molecule has 0 atom stereocenters. The Balaban J connectivity index is 1.78. The van der Waals surface area contributed by atoms with Crippen LogP contribution in [0.15, 0.2) is 48.5 Å². The molecule has 0 saturated heterocycles. The van der Waals surface area contributed by atoms with E-state index < -0.39 is 5.91 Å². The molecule has 2 N–H and O–H groups in total. The van der Waals surface area contributed by atoms with Gasteiger partial charge in [0.2, 0.25) is 0 Å². The highest BCUT2D eigenvalue weighted by molar-refractivity contribution is 14.1. The van der Waals surface area contributed by atoms with Crippen LogP contribution in [0, 0.1) is 10.5 Å². The van der Waals surface area contributed by atoms with Gasteiger partial charge in [-0.05, 0) is 59.8 Å². The molecule has 0 spiro atoms. The van der Waals surface area contributed by atoms with E-state index in [-0.39, 0.29) is 12.5 Å². The average Bonchev–Trinajstić information content (AvgIpc) is 2.52. The van der Waals surface area contributed by atoms with Crippen LogP contribution in [-0.4, -0.2) is 18.4 Å². The minimum atomic E-state index is -0.431. The van der Waals surface area contributed by atoms with Gasteiger partial charge in [0.05, 0.1) is 0 Å². The van der Waals surface area contributed by atoms with Crippen LogP contribution in [-0.2, 0) is 4.79 Å². The molecule has 2 amide bonds. The number of aryl methyl sites for hydroxylation is 1. The fourth-order valence-electron chi connectivity index (χ4n) is 1.65. The molecule has 0 aliphatic carbocycles. The highest BCUT2D eigenvalue weighted by Crippen LogP contribution is 2.11. The van der Waals surface area contributed by atoms with Crippen LogP contribution in [0.4, 0.5) is 0 Å². The van der Waals surface area contributed by atoms with Gasteiger partial charge < -0.3 is 4.74 Å². The van der Waals surface area contributed by atoms with E-state index in [2.05, 4.69) is 33.4 Å². The zero-order valence-electron chi connectivity index (χ0n) is 11.9. The van der Waals surface area contributed by atoms with Crippen LogP contribution >= 0.6 is 22.6 Å². The molecule has 0 bridgehead atoms. The van der Waals surface area contributed by atoms with Crippen LogP contribution in [0.2, 0.25) is 0 Å². The summed E-state index contributed by atoms with van der Waals surface area (Å²) in [4.78, 5) is 23.5. The number of hydrogen-bond donors (Lipinski definition) is 2. The van der Waals surface area contributed by atoms with Crippen molar-refractivity contribution in [2.45, 2.75) is 6.92 Å². The smallest absolute Gasteiger partial charge is 0.276 e. The second-order valence-corrected chi connectivity index (χ2v) is 5.86. The molecule has 0 radical (unpaired) electrons. The van der Waals surface area contributed by atoms with Crippen molar-refractivity contribution >= 4 is 34.4 Å². The van der Waals surface area contributed by atoms with Gasteiger partial charge >= 0.3 is 0 Å². The van der Waals surface area contributed by atoms with Gasteiger partial charge in [0.1, 0.15) is 5.75 Å². The number of hydrazine groups is 1. The number of rotatable bonds is 4. The summed E-state index contributed by atoms with van der Waals surface area (Å²) >= 11 is 2.12. The number of amides is 2. The van der Waals surface area contributed by atoms with Crippen molar-refractivity contribution in [3.8, 4) is 5.75 Å². The lowest BCUT2D eigenvalue weighted by molar-refractivity contribution is -0.123. The second-order valence-electron chi connectivity index (χ2n) is 4.61. The van der Waals surface area contributed by atoms with E-state index >= 15 is 0 Å². The molecule has 0 unspecified atom stereocenters. The van der Waals surface area contributed by atoms with E-state index in [1.165, 1.54) is 0 Å². The molecule has 2 aromatic rings. The van der Waals surface area contributed by atoms with Gasteiger partial charge in [-0.3, -0.25) is 20.4 Å². The fraction of sp³-hybridized carbons (Fsp3) is 0.125. The van der Waals surface area contributed by atoms with E-state index in [0.717, 1.165) is 9.13 Å². The normalized spacial score (nSPS) is 9.91. The summed E-state index contributed by atoms with van der Waals surface area (Å²) in [5.74, 6) is -0.202. The van der Waals surface area contributed by atoms with Gasteiger partial charge in [-0.1, -0.05) is 23.8 Å². The number of benzene rings is 2. The maximum absolute atomic E-state index is 11.8. The Morgan fingerprint density at radius 3 is 2.50 bits per heavy atom. The van der Waals surface area contributed by atoms with E-state index in [4.69, 9.17) is 4.74 Å². The van der Waals surface area contributed by atoms with Crippen molar-refractivity contribution < 1.29 is 14.3 Å². The predicted octanol–water partition coefficient (Wildman–Crippen LogP) is 2.44. The molecule has 2 aromatic carbocycles. The number of nitrogens with one attached hydrogen (secondary N) is 2. The lowest BCUT2D eigenvalue weighted by Gasteiger charge is -2.09. The van der Waals surface area contributed by atoms with Crippen LogP contribution < -0.4 is 15.6 Å². The molecule has 6 heteroatoms. The first-order chi connectivity index (χ1) is 10.5. The number of carbonyl (C=O) groups is 2. The Labute approximate surface area is 142 Å². The van der Waals surface area contributed by atoms with E-state index in [9.17, 15) is 9.59 Å². The molecule has 22 heavy (non-hydrogen) atoms. The maximum atomic E-state index is 11.8. The minimum Gasteiger partial charge on any atom is -0.484 e. The summed E-state index contributed by atoms with van der Waals surface area (Å²) in [7, 11) is 0. The summed E-state index contributed by atoms with van der Waals surface area (Å²) in [6, 6.07) is 14.4. The van der Waals surface area contributed by atoms with E-state index in [1.54, 1.807) is 30.3 Å². The van der Waals surface area contributed by atoms with Crippen LogP contribution in [0.1, 0.15) is 15.9 Å². The fourth-order valence-corrected chi connectivity index (χ4v) is 2.19. The first kappa shape index (κ1) is 16.3. The molecule has 0 heterocycles. The average molecular weight is 410 g/mol. The van der Waals surface area contributed by atoms with Crippen molar-refractivity contribution in [2.75, 3.05) is 6.61 Å². The Morgan fingerprint density at radius 1 is 1.09 bits per heavy atom. The standard InChI is InChI=1S/C16H15IN2O3/c1-11-5-7-14(8-6-11)22-10-15(20)18-19-16(21)12-3-2-4-13(17)9-12/h2-9H,10H2,1H3,(H,18,20)(H,19,21). The molecule has 114 valence electrons. The van der Waals surface area contributed by atoms with Crippen molar-refractivity contribution in [1.82, 2.24) is 10.9 Å². The highest BCUT2D eigenvalue weighted by Gasteiger charge is 2.08. The topological polar surface area (TPSA) is 67.4 Å². The highest BCUT2D eigenvalue weighted by atomic mass is 127. The number of hydrogen-bond acceptors (Lipinski definition) is 3. The van der Waals surface area contributed by atoms with E-state index in [0.29, 0.717) is 11.3 Å². The van der Waals surface area contributed by atoms with Gasteiger partial charge in [0, 0.05) is 9.13 Å². The number of carbonyl (C=O) groups excluding carboxylic acids is 2. The monoisotopic (exact) mass is 410 g/mol. The SMILES string of the molecule is Cc1ccc(OCC(=O)NNC(=O)c2cccc(I)c2)cc1. The Hall–Kier alpha value is -2.09. The first-order valence-corrected chi connectivity index (χ1v) is 7.67. The van der Waals surface area contributed by atoms with E-state index in [1.807, 2.05) is 25.1 Å². The van der Waals surface area contributed by atoms with Crippen molar-refractivity contribution in [3.05, 3.63) is 63.2 Å². The molecule has 0 aliphatic heterocycles.